The van der Waals surface area contributed by atoms with Gasteiger partial charge < -0.3 is 5.32 Å². The number of rotatable bonds is 5. The molecular formula is C19H19FN2O. The lowest BCUT2D eigenvalue weighted by Crippen LogP contribution is -2.28. The molecular weight excluding hydrogens is 291 g/mol. The Kier molecular flexibility index (Phi) is 5.48. The molecule has 1 unspecified atom stereocenters. The van der Waals surface area contributed by atoms with E-state index in [0.29, 0.717) is 11.5 Å². The Morgan fingerprint density at radius 3 is 2.39 bits per heavy atom. The van der Waals surface area contributed by atoms with Crippen molar-refractivity contribution >= 4 is 5.91 Å². The molecule has 0 fully saturated rings. The van der Waals surface area contributed by atoms with Crippen LogP contribution in [0, 0.1) is 23.1 Å². The molecule has 1 atom stereocenters. The highest BCUT2D eigenvalue weighted by Crippen LogP contribution is 2.17. The Bertz CT molecular complexity index is 717. The maximum atomic E-state index is 13.8. The summed E-state index contributed by atoms with van der Waals surface area (Å²) >= 11 is 0. The van der Waals surface area contributed by atoms with Crippen LogP contribution in [0.25, 0.3) is 0 Å². The van der Waals surface area contributed by atoms with Gasteiger partial charge in [0.25, 0.3) is 5.91 Å². The standard InChI is InChI=1S/C19H19FN2O/c1-13(2)11-14-7-9-15(10-8-14)19(23)22-18(12-21)16-5-3-4-6-17(16)20/h3-10,13,18H,11H2,1-2H3,(H,22,23). The number of carbonyl (C=O) groups excluding carboxylic acids is 1. The van der Waals surface area contributed by atoms with Crippen LogP contribution in [0.4, 0.5) is 4.39 Å². The Hall–Kier alpha value is -2.67. The summed E-state index contributed by atoms with van der Waals surface area (Å²) in [6, 6.07) is 14.1. The summed E-state index contributed by atoms with van der Waals surface area (Å²) in [6.45, 7) is 4.26. The summed E-state index contributed by atoms with van der Waals surface area (Å²) in [6.07, 6.45) is 0.942. The number of hydrogen-bond donors (Lipinski definition) is 1. The zero-order valence-corrected chi connectivity index (χ0v) is 13.2. The average Bonchev–Trinajstić information content (AvgIpc) is 2.53. The number of carbonyl (C=O) groups is 1. The molecule has 118 valence electrons. The van der Waals surface area contributed by atoms with Crippen LogP contribution in [0.2, 0.25) is 0 Å². The van der Waals surface area contributed by atoms with Gasteiger partial charge in [-0.05, 0) is 36.1 Å². The maximum Gasteiger partial charge on any atom is 0.252 e. The van der Waals surface area contributed by atoms with Crippen LogP contribution in [0.1, 0.15) is 41.4 Å². The van der Waals surface area contributed by atoms with Crippen LogP contribution in [0.15, 0.2) is 48.5 Å². The van der Waals surface area contributed by atoms with Crippen molar-refractivity contribution in [2.75, 3.05) is 0 Å². The molecule has 3 nitrogen and oxygen atoms in total. The van der Waals surface area contributed by atoms with E-state index in [1.165, 1.54) is 12.1 Å². The third-order valence-corrected chi connectivity index (χ3v) is 3.48. The van der Waals surface area contributed by atoms with E-state index in [1.807, 2.05) is 18.2 Å². The number of halogens is 1. The molecule has 1 N–H and O–H groups in total. The number of amides is 1. The molecule has 4 heteroatoms. The van der Waals surface area contributed by atoms with Crippen molar-refractivity contribution in [3.8, 4) is 6.07 Å². The van der Waals surface area contributed by atoms with Crippen LogP contribution in [0.3, 0.4) is 0 Å². The molecule has 2 rings (SSSR count). The van der Waals surface area contributed by atoms with Crippen molar-refractivity contribution in [2.24, 2.45) is 5.92 Å². The van der Waals surface area contributed by atoms with Crippen molar-refractivity contribution in [3.05, 3.63) is 71.0 Å². The van der Waals surface area contributed by atoms with Crippen LogP contribution < -0.4 is 5.32 Å². The lowest BCUT2D eigenvalue weighted by Gasteiger charge is -2.13. The molecule has 0 radical (unpaired) electrons. The second-order valence-corrected chi connectivity index (χ2v) is 5.85. The molecule has 0 aliphatic heterocycles. The fraction of sp³-hybridized carbons (Fsp3) is 0.263. The highest BCUT2D eigenvalue weighted by atomic mass is 19.1. The summed E-state index contributed by atoms with van der Waals surface area (Å²) in [5.41, 5.74) is 1.77. The van der Waals surface area contributed by atoms with Gasteiger partial charge in [-0.2, -0.15) is 5.26 Å². The van der Waals surface area contributed by atoms with E-state index in [9.17, 15) is 14.4 Å². The van der Waals surface area contributed by atoms with Gasteiger partial charge >= 0.3 is 0 Å². The first-order chi connectivity index (χ1) is 11.0. The molecule has 0 aliphatic rings. The summed E-state index contributed by atoms with van der Waals surface area (Å²) in [7, 11) is 0. The molecule has 0 aliphatic carbocycles. The molecule has 1 amide bonds. The van der Waals surface area contributed by atoms with Gasteiger partial charge in [0.1, 0.15) is 11.9 Å². The van der Waals surface area contributed by atoms with Crippen LogP contribution in [-0.2, 0) is 6.42 Å². The van der Waals surface area contributed by atoms with E-state index >= 15 is 0 Å². The normalized spacial score (nSPS) is 11.8. The number of nitriles is 1. The second kappa shape index (κ2) is 7.55. The number of nitrogens with one attached hydrogen (secondary N) is 1. The molecule has 0 bridgehead atoms. The van der Waals surface area contributed by atoms with Gasteiger partial charge in [0.05, 0.1) is 6.07 Å². The highest BCUT2D eigenvalue weighted by Gasteiger charge is 2.18. The summed E-state index contributed by atoms with van der Waals surface area (Å²) in [5, 5.41) is 11.8. The van der Waals surface area contributed by atoms with Gasteiger partial charge in [0.2, 0.25) is 0 Å². The first-order valence-corrected chi connectivity index (χ1v) is 7.55. The van der Waals surface area contributed by atoms with Crippen molar-refractivity contribution in [3.63, 3.8) is 0 Å². The summed E-state index contributed by atoms with van der Waals surface area (Å²) in [5.74, 6) is -0.360. The third kappa shape index (κ3) is 4.40. The minimum absolute atomic E-state index is 0.166. The van der Waals surface area contributed by atoms with Gasteiger partial charge in [0, 0.05) is 11.1 Å². The van der Waals surface area contributed by atoms with Crippen molar-refractivity contribution in [1.29, 1.82) is 5.26 Å². The minimum Gasteiger partial charge on any atom is -0.332 e. The molecule has 2 aromatic rings. The predicted octanol–water partition coefficient (Wildman–Crippen LogP) is 4.02. The van der Waals surface area contributed by atoms with Gasteiger partial charge in [-0.25, -0.2) is 4.39 Å². The zero-order valence-electron chi connectivity index (χ0n) is 13.2. The van der Waals surface area contributed by atoms with Gasteiger partial charge in [0.15, 0.2) is 0 Å². The maximum absolute atomic E-state index is 13.8. The quantitative estimate of drug-likeness (QED) is 0.907. The number of benzene rings is 2. The summed E-state index contributed by atoms with van der Waals surface area (Å²) < 4.78 is 13.8. The smallest absolute Gasteiger partial charge is 0.252 e. The Morgan fingerprint density at radius 2 is 1.83 bits per heavy atom. The first-order valence-electron chi connectivity index (χ1n) is 7.55. The van der Waals surface area contributed by atoms with Crippen LogP contribution in [-0.4, -0.2) is 5.91 Å². The first kappa shape index (κ1) is 16.7. The molecule has 23 heavy (non-hydrogen) atoms. The Morgan fingerprint density at radius 1 is 1.17 bits per heavy atom. The molecule has 0 heterocycles. The largest absolute Gasteiger partial charge is 0.332 e. The number of hydrogen-bond acceptors (Lipinski definition) is 2. The molecule has 0 saturated carbocycles. The fourth-order valence-electron chi connectivity index (χ4n) is 2.37. The molecule has 0 aromatic heterocycles. The third-order valence-electron chi connectivity index (χ3n) is 3.48. The zero-order chi connectivity index (χ0) is 16.8. The fourth-order valence-corrected chi connectivity index (χ4v) is 2.37. The van der Waals surface area contributed by atoms with E-state index in [2.05, 4.69) is 19.2 Å². The lowest BCUT2D eigenvalue weighted by atomic mass is 10.0. The van der Waals surface area contributed by atoms with Crippen LogP contribution >= 0.6 is 0 Å². The lowest BCUT2D eigenvalue weighted by molar-refractivity contribution is 0.0944. The highest BCUT2D eigenvalue weighted by molar-refractivity contribution is 5.94. The topological polar surface area (TPSA) is 52.9 Å². The molecule has 0 spiro atoms. The van der Waals surface area contributed by atoms with E-state index in [1.54, 1.807) is 24.3 Å². The van der Waals surface area contributed by atoms with Crippen molar-refractivity contribution < 1.29 is 9.18 Å². The monoisotopic (exact) mass is 310 g/mol. The van der Waals surface area contributed by atoms with Gasteiger partial charge in [-0.3, -0.25) is 4.79 Å². The SMILES string of the molecule is CC(C)Cc1ccc(C(=O)NC(C#N)c2ccccc2F)cc1. The van der Waals surface area contributed by atoms with Crippen molar-refractivity contribution in [1.82, 2.24) is 5.32 Å². The van der Waals surface area contributed by atoms with Gasteiger partial charge in [-0.15, -0.1) is 0 Å². The van der Waals surface area contributed by atoms with E-state index in [-0.39, 0.29) is 5.56 Å². The van der Waals surface area contributed by atoms with Gasteiger partial charge in [-0.1, -0.05) is 44.2 Å². The van der Waals surface area contributed by atoms with Crippen LogP contribution in [0.5, 0.6) is 0 Å². The Balaban J connectivity index is 2.11. The van der Waals surface area contributed by atoms with E-state index in [0.717, 1.165) is 12.0 Å². The average molecular weight is 310 g/mol. The van der Waals surface area contributed by atoms with E-state index in [4.69, 9.17) is 0 Å². The van der Waals surface area contributed by atoms with Crippen molar-refractivity contribution in [2.45, 2.75) is 26.3 Å². The number of nitrogens with zero attached hydrogens (tertiary/aromatic N) is 1. The minimum atomic E-state index is -1.01. The molecule has 2 aromatic carbocycles. The second-order valence-electron chi connectivity index (χ2n) is 5.85. The van der Waals surface area contributed by atoms with E-state index < -0.39 is 17.8 Å². The molecule has 0 saturated heterocycles. The Labute approximate surface area is 135 Å². The summed E-state index contributed by atoms with van der Waals surface area (Å²) in [4.78, 5) is 12.2. The predicted molar refractivity (Wildman–Crippen MR) is 87.2 cm³/mol.